The Kier molecular flexibility index (Phi) is 4.89. The van der Waals surface area contributed by atoms with Crippen LogP contribution in [0.25, 0.3) is 10.9 Å². The molecule has 3 atom stereocenters. The third kappa shape index (κ3) is 3.02. The number of nitrogens with zero attached hydrogens (tertiary/aromatic N) is 2. The molecule has 2 heterocycles. The summed E-state index contributed by atoms with van der Waals surface area (Å²) in [5, 5.41) is 4.74. The summed E-state index contributed by atoms with van der Waals surface area (Å²) in [4.78, 5) is 20.5. The third-order valence-electron chi connectivity index (χ3n) is 6.67. The molecule has 2 aliphatic rings. The van der Waals surface area contributed by atoms with Gasteiger partial charge in [-0.25, -0.2) is 4.79 Å². The first kappa shape index (κ1) is 18.4. The van der Waals surface area contributed by atoms with E-state index in [4.69, 9.17) is 0 Å². The van der Waals surface area contributed by atoms with E-state index in [1.54, 1.807) is 0 Å². The maximum Gasteiger partial charge on any atom is 0.317 e. The molecule has 0 radical (unpaired) electrons. The highest BCUT2D eigenvalue weighted by Crippen LogP contribution is 2.44. The summed E-state index contributed by atoms with van der Waals surface area (Å²) in [6, 6.07) is 7.47. The zero-order valence-electron chi connectivity index (χ0n) is 17.0. The monoisotopic (exact) mass is 368 g/mol. The van der Waals surface area contributed by atoms with Crippen molar-refractivity contribution in [1.82, 2.24) is 20.1 Å². The number of urea groups is 1. The number of rotatable bonds is 4. The maximum atomic E-state index is 12.6. The smallest absolute Gasteiger partial charge is 0.317 e. The average Bonchev–Trinajstić information content (AvgIpc) is 3.03. The van der Waals surface area contributed by atoms with Gasteiger partial charge in [0.15, 0.2) is 0 Å². The molecule has 4 rings (SSSR count). The van der Waals surface area contributed by atoms with Gasteiger partial charge in [0.05, 0.1) is 0 Å². The second-order valence-electron chi connectivity index (χ2n) is 8.08. The number of hydrogen-bond acceptors (Lipinski definition) is 2. The zero-order valence-corrected chi connectivity index (χ0v) is 17.0. The van der Waals surface area contributed by atoms with Gasteiger partial charge >= 0.3 is 6.03 Å². The second-order valence-corrected chi connectivity index (χ2v) is 8.08. The number of benzene rings is 1. The van der Waals surface area contributed by atoms with Crippen LogP contribution in [0.15, 0.2) is 18.2 Å². The molecule has 1 aliphatic heterocycles. The molecule has 1 aromatic heterocycles. The Morgan fingerprint density at radius 2 is 2.07 bits per heavy atom. The summed E-state index contributed by atoms with van der Waals surface area (Å²) in [5.41, 5.74) is 5.64. The first-order valence-electron chi connectivity index (χ1n) is 10.4. The Labute approximate surface area is 162 Å². The summed E-state index contributed by atoms with van der Waals surface area (Å²) in [7, 11) is 2.22. The van der Waals surface area contributed by atoms with Gasteiger partial charge in [0.1, 0.15) is 0 Å². The second kappa shape index (κ2) is 7.19. The highest BCUT2D eigenvalue weighted by atomic mass is 16.2. The molecule has 2 aromatic rings. The van der Waals surface area contributed by atoms with Crippen LogP contribution < -0.4 is 5.32 Å². The van der Waals surface area contributed by atoms with Crippen molar-refractivity contribution in [3.63, 3.8) is 0 Å². The Morgan fingerprint density at radius 1 is 1.30 bits per heavy atom. The van der Waals surface area contributed by atoms with Crippen molar-refractivity contribution in [2.45, 2.75) is 58.0 Å². The number of aryl methyl sites for hydroxylation is 1. The van der Waals surface area contributed by atoms with Crippen molar-refractivity contribution >= 4 is 16.9 Å². The minimum atomic E-state index is 0.0708. The molecule has 5 nitrogen and oxygen atoms in total. The predicted molar refractivity (Wildman–Crippen MR) is 110 cm³/mol. The fourth-order valence-electron chi connectivity index (χ4n) is 5.29. The largest absolute Gasteiger partial charge is 0.358 e. The van der Waals surface area contributed by atoms with Crippen LogP contribution in [0, 0.1) is 0 Å². The van der Waals surface area contributed by atoms with Crippen molar-refractivity contribution in [1.29, 1.82) is 0 Å². The number of H-pyrrole nitrogens is 1. The molecule has 1 aliphatic carbocycles. The molecule has 0 bridgehead atoms. The van der Waals surface area contributed by atoms with Crippen molar-refractivity contribution < 1.29 is 4.79 Å². The maximum absolute atomic E-state index is 12.6. The minimum absolute atomic E-state index is 0.0708. The van der Waals surface area contributed by atoms with Crippen LogP contribution in [-0.2, 0) is 12.8 Å². The Morgan fingerprint density at radius 3 is 2.78 bits per heavy atom. The number of piperidine rings is 1. The van der Waals surface area contributed by atoms with Gasteiger partial charge in [-0.15, -0.1) is 0 Å². The van der Waals surface area contributed by atoms with Crippen molar-refractivity contribution in [2.24, 2.45) is 0 Å². The Balaban J connectivity index is 1.64. The molecule has 27 heavy (non-hydrogen) atoms. The first-order chi connectivity index (χ1) is 13.1. The van der Waals surface area contributed by atoms with E-state index < -0.39 is 0 Å². The molecule has 2 N–H and O–H groups in total. The molecule has 146 valence electrons. The normalized spacial score (nSPS) is 24.7. The van der Waals surface area contributed by atoms with Gasteiger partial charge in [-0.1, -0.05) is 19.1 Å². The van der Waals surface area contributed by atoms with Crippen LogP contribution in [0.1, 0.15) is 49.9 Å². The van der Waals surface area contributed by atoms with E-state index in [1.807, 2.05) is 18.7 Å². The number of aromatic amines is 1. The van der Waals surface area contributed by atoms with Gasteiger partial charge in [-0.05, 0) is 57.4 Å². The zero-order chi connectivity index (χ0) is 19.1. The highest BCUT2D eigenvalue weighted by Gasteiger charge is 2.40. The van der Waals surface area contributed by atoms with Crippen molar-refractivity contribution in [3.8, 4) is 0 Å². The SMILES string of the molecule is CCc1[nH]c2cccc3c2c1C[C@@H]1[C@@H]3C[C@H](NC(=O)N(CC)CC)CN1C. The minimum Gasteiger partial charge on any atom is -0.358 e. The Hall–Kier alpha value is -2.01. The van der Waals surface area contributed by atoms with Crippen LogP contribution in [0.5, 0.6) is 0 Å². The lowest BCUT2D eigenvalue weighted by molar-refractivity contribution is 0.124. The number of hydrogen-bond donors (Lipinski definition) is 2. The standard InChI is InChI=1S/C22H32N4O/c1-5-18-17-12-20-16(15-9-8-10-19(24-18)21(15)17)11-14(13-25(20)4)23-22(27)26(6-2)7-3/h8-10,14,16,20,24H,5-7,11-13H2,1-4H3,(H,23,27)/t14-,16+,20+/m0/s1. The average molecular weight is 369 g/mol. The van der Waals surface area contributed by atoms with Gasteiger partial charge in [0, 0.05) is 54.2 Å². The van der Waals surface area contributed by atoms with E-state index in [0.29, 0.717) is 12.0 Å². The molecule has 0 saturated carbocycles. The summed E-state index contributed by atoms with van der Waals surface area (Å²) in [5.74, 6) is 0.474. The van der Waals surface area contributed by atoms with Gasteiger partial charge in [0.2, 0.25) is 0 Å². The number of aromatic nitrogens is 1. The van der Waals surface area contributed by atoms with E-state index in [1.165, 1.54) is 27.7 Å². The van der Waals surface area contributed by atoms with Crippen LogP contribution in [0.4, 0.5) is 4.79 Å². The number of carbonyl (C=O) groups is 1. The number of carbonyl (C=O) groups excluding carboxylic acids is 1. The lowest BCUT2D eigenvalue weighted by atomic mass is 9.73. The third-order valence-corrected chi connectivity index (χ3v) is 6.67. The van der Waals surface area contributed by atoms with Crippen LogP contribution >= 0.6 is 0 Å². The molecular weight excluding hydrogens is 336 g/mol. The summed E-state index contributed by atoms with van der Waals surface area (Å²) in [6.07, 6.45) is 3.18. The lowest BCUT2D eigenvalue weighted by Crippen LogP contribution is -2.56. The van der Waals surface area contributed by atoms with E-state index in [-0.39, 0.29) is 12.1 Å². The number of amides is 2. The molecule has 5 heteroatoms. The summed E-state index contributed by atoms with van der Waals surface area (Å²) in [6.45, 7) is 8.73. The molecule has 1 saturated heterocycles. The van der Waals surface area contributed by atoms with Crippen LogP contribution in [-0.4, -0.2) is 59.6 Å². The molecule has 1 fully saturated rings. The van der Waals surface area contributed by atoms with Gasteiger partial charge in [0.25, 0.3) is 0 Å². The van der Waals surface area contributed by atoms with Crippen LogP contribution in [0.3, 0.4) is 0 Å². The summed E-state index contributed by atoms with van der Waals surface area (Å²) < 4.78 is 0. The van der Waals surface area contributed by atoms with Crippen molar-refractivity contribution in [3.05, 3.63) is 35.0 Å². The highest BCUT2D eigenvalue weighted by molar-refractivity contribution is 5.89. The Bertz CT molecular complexity index is 838. The van der Waals surface area contributed by atoms with Gasteiger partial charge in [-0.2, -0.15) is 0 Å². The number of fused-ring (bicyclic) bond motifs is 2. The van der Waals surface area contributed by atoms with Gasteiger partial charge in [-0.3, -0.25) is 0 Å². The number of likely N-dealkylation sites (tertiary alicyclic amines) is 1. The van der Waals surface area contributed by atoms with Gasteiger partial charge < -0.3 is 20.1 Å². The predicted octanol–water partition coefficient (Wildman–Crippen LogP) is 3.49. The first-order valence-corrected chi connectivity index (χ1v) is 10.4. The van der Waals surface area contributed by atoms with E-state index in [9.17, 15) is 4.79 Å². The number of nitrogens with one attached hydrogen (secondary N) is 2. The fourth-order valence-corrected chi connectivity index (χ4v) is 5.29. The van der Waals surface area contributed by atoms with E-state index in [2.05, 4.69) is 47.4 Å². The molecule has 1 aromatic carbocycles. The summed E-state index contributed by atoms with van der Waals surface area (Å²) >= 11 is 0. The van der Waals surface area contributed by atoms with E-state index >= 15 is 0 Å². The number of likely N-dealkylation sites (N-methyl/N-ethyl adjacent to an activating group) is 1. The topological polar surface area (TPSA) is 51.4 Å². The molecule has 0 unspecified atom stereocenters. The van der Waals surface area contributed by atoms with Crippen molar-refractivity contribution in [2.75, 3.05) is 26.7 Å². The molecule has 2 amide bonds. The molecular formula is C22H32N4O. The lowest BCUT2D eigenvalue weighted by Gasteiger charge is -2.46. The quantitative estimate of drug-likeness (QED) is 0.868. The van der Waals surface area contributed by atoms with Crippen LogP contribution in [0.2, 0.25) is 0 Å². The molecule has 0 spiro atoms. The van der Waals surface area contributed by atoms with E-state index in [0.717, 1.165) is 38.9 Å². The fraction of sp³-hybridized carbons (Fsp3) is 0.591.